The molecule has 3 aliphatic heterocycles. The Hall–Kier alpha value is -4.62. The molecule has 1 aromatic carbocycles. The zero-order valence-corrected chi connectivity index (χ0v) is 28.6. The van der Waals surface area contributed by atoms with E-state index >= 15 is 0 Å². The average molecular weight is 669 g/mol. The Balaban J connectivity index is 0.946. The molecule has 2 saturated heterocycles. The number of aryl methyl sites for hydroxylation is 1. The average Bonchev–Trinajstić information content (AvgIpc) is 3.83. The number of rotatable bonds is 8. The number of aromatic amines is 1. The van der Waals surface area contributed by atoms with Gasteiger partial charge in [-0.05, 0) is 88.4 Å². The van der Waals surface area contributed by atoms with Crippen molar-refractivity contribution in [3.63, 3.8) is 0 Å². The van der Waals surface area contributed by atoms with E-state index in [0.29, 0.717) is 57.4 Å². The zero-order valence-electron chi connectivity index (χ0n) is 28.6. The van der Waals surface area contributed by atoms with Crippen molar-refractivity contribution < 1.29 is 18.7 Å². The Morgan fingerprint density at radius 3 is 2.47 bits per heavy atom. The van der Waals surface area contributed by atoms with Crippen molar-refractivity contribution in [2.45, 2.75) is 64.6 Å². The van der Waals surface area contributed by atoms with Crippen LogP contribution in [0.4, 0.5) is 5.82 Å². The highest BCUT2D eigenvalue weighted by atomic mass is 16.5. The zero-order chi connectivity index (χ0) is 34.2. The van der Waals surface area contributed by atoms with Crippen molar-refractivity contribution in [2.24, 2.45) is 13.0 Å². The molecule has 3 aromatic heterocycles. The van der Waals surface area contributed by atoms with Crippen molar-refractivity contribution in [1.29, 1.82) is 0 Å². The molecule has 3 aliphatic rings. The second kappa shape index (κ2) is 13.7. The summed E-state index contributed by atoms with van der Waals surface area (Å²) in [4.78, 5) is 49.5. The Bertz CT molecular complexity index is 1920. The molecule has 2 fully saturated rings. The van der Waals surface area contributed by atoms with Crippen LogP contribution in [0.2, 0.25) is 0 Å². The normalized spacial score (nSPS) is 23.2. The molecule has 0 radical (unpaired) electrons. The number of H-pyrrole nitrogens is 1. The lowest BCUT2D eigenvalue weighted by atomic mass is 9.89. The van der Waals surface area contributed by atoms with Gasteiger partial charge in [-0.1, -0.05) is 18.2 Å². The van der Waals surface area contributed by atoms with Gasteiger partial charge in [0.05, 0.1) is 35.9 Å². The molecular weight excluding hydrogens is 624 g/mol. The van der Waals surface area contributed by atoms with Gasteiger partial charge in [0, 0.05) is 44.7 Å². The smallest absolute Gasteiger partial charge is 0.388 e. The van der Waals surface area contributed by atoms with E-state index in [1.54, 1.807) is 11.9 Å². The van der Waals surface area contributed by atoms with Gasteiger partial charge in [-0.15, -0.1) is 5.10 Å². The van der Waals surface area contributed by atoms with Crippen LogP contribution in [-0.2, 0) is 21.4 Å². The Morgan fingerprint density at radius 1 is 1.04 bits per heavy atom. The van der Waals surface area contributed by atoms with Gasteiger partial charge in [-0.25, -0.2) is 9.78 Å². The molecule has 6 heterocycles. The largest absolute Gasteiger partial charge is 0.437 e. The number of aromatic nitrogens is 5. The molecule has 13 nitrogen and oxygen atoms in total. The standard InChI is InChI=1S/C36H44N8O5/c1-5-44(30-11-10-29-33(37-30)32(39-38-29)28-18-22(2)48-23(3)19-28)35(46)27-12-15-42(20-27)21-31(45)43-16-13-25(14-17-43)24-6-8-26(9-7-24)34-40-41(4)36(47)49-34/h6-11,13,22-23,27-28H,5,12,14-21H2,1-4H3,(H,38,39)/t22-,23+,27-,28?/m1/s1. The molecule has 1 unspecified atom stereocenters. The maximum Gasteiger partial charge on any atom is 0.437 e. The molecule has 4 atom stereocenters. The van der Waals surface area contributed by atoms with Gasteiger partial charge >= 0.3 is 5.76 Å². The van der Waals surface area contributed by atoms with Crippen molar-refractivity contribution in [2.75, 3.05) is 44.2 Å². The van der Waals surface area contributed by atoms with Crippen LogP contribution in [0.25, 0.3) is 28.1 Å². The lowest BCUT2D eigenvalue weighted by molar-refractivity contribution is -0.132. The van der Waals surface area contributed by atoms with E-state index in [0.717, 1.165) is 47.1 Å². The molecule has 0 saturated carbocycles. The van der Waals surface area contributed by atoms with E-state index in [2.05, 4.69) is 40.1 Å². The quantitative estimate of drug-likeness (QED) is 0.295. The minimum atomic E-state index is -0.497. The van der Waals surface area contributed by atoms with Crippen LogP contribution in [-0.4, -0.2) is 98.1 Å². The third kappa shape index (κ3) is 6.82. The van der Waals surface area contributed by atoms with Crippen LogP contribution < -0.4 is 10.7 Å². The molecule has 0 spiro atoms. The number of carbonyl (C=O) groups is 2. The maximum absolute atomic E-state index is 13.8. The summed E-state index contributed by atoms with van der Waals surface area (Å²) in [6.07, 6.45) is 5.66. The highest BCUT2D eigenvalue weighted by Gasteiger charge is 2.34. The highest BCUT2D eigenvalue weighted by Crippen LogP contribution is 2.36. The molecule has 13 heteroatoms. The van der Waals surface area contributed by atoms with Gasteiger partial charge < -0.3 is 14.1 Å². The van der Waals surface area contributed by atoms with Crippen LogP contribution in [0.15, 0.2) is 51.7 Å². The van der Waals surface area contributed by atoms with Crippen LogP contribution in [0.3, 0.4) is 0 Å². The molecule has 7 rings (SSSR count). The summed E-state index contributed by atoms with van der Waals surface area (Å²) >= 11 is 0. The first-order valence-electron chi connectivity index (χ1n) is 17.3. The molecule has 258 valence electrons. The predicted octanol–water partition coefficient (Wildman–Crippen LogP) is 3.97. The molecule has 2 amide bonds. The molecule has 0 aliphatic carbocycles. The summed E-state index contributed by atoms with van der Waals surface area (Å²) in [5.41, 5.74) is 5.62. The second-order valence-electron chi connectivity index (χ2n) is 13.6. The van der Waals surface area contributed by atoms with Crippen molar-refractivity contribution in [1.82, 2.24) is 34.8 Å². The van der Waals surface area contributed by atoms with Gasteiger partial charge in [0.15, 0.2) is 0 Å². The minimum absolute atomic E-state index is 0.0457. The number of fused-ring (bicyclic) bond motifs is 1. The fourth-order valence-electron chi connectivity index (χ4n) is 7.54. The minimum Gasteiger partial charge on any atom is -0.388 e. The van der Waals surface area contributed by atoms with Crippen LogP contribution >= 0.6 is 0 Å². The number of pyridine rings is 1. The van der Waals surface area contributed by atoms with Crippen LogP contribution in [0, 0.1) is 5.92 Å². The van der Waals surface area contributed by atoms with Crippen molar-refractivity contribution in [3.8, 4) is 11.5 Å². The lowest BCUT2D eigenvalue weighted by Gasteiger charge is -2.31. The van der Waals surface area contributed by atoms with Crippen LogP contribution in [0.1, 0.15) is 63.6 Å². The topological polar surface area (TPSA) is 143 Å². The predicted molar refractivity (Wildman–Crippen MR) is 185 cm³/mol. The van der Waals surface area contributed by atoms with E-state index in [1.807, 2.05) is 48.2 Å². The second-order valence-corrected chi connectivity index (χ2v) is 13.6. The van der Waals surface area contributed by atoms with E-state index in [-0.39, 0.29) is 35.9 Å². The number of likely N-dealkylation sites (tertiary alicyclic amines) is 1. The number of nitrogens with zero attached hydrogens (tertiary/aromatic N) is 7. The highest BCUT2D eigenvalue weighted by molar-refractivity contribution is 5.95. The lowest BCUT2D eigenvalue weighted by Crippen LogP contribution is -2.42. The number of ether oxygens (including phenoxy) is 1. The summed E-state index contributed by atoms with van der Waals surface area (Å²) in [5, 5.41) is 11.9. The first-order valence-corrected chi connectivity index (χ1v) is 17.3. The van der Waals surface area contributed by atoms with Crippen molar-refractivity contribution in [3.05, 3.63) is 64.3 Å². The van der Waals surface area contributed by atoms with E-state index in [9.17, 15) is 14.4 Å². The van der Waals surface area contributed by atoms with Gasteiger partial charge in [-0.3, -0.25) is 24.5 Å². The Morgan fingerprint density at radius 2 is 1.80 bits per heavy atom. The maximum atomic E-state index is 13.8. The molecular formula is C36H44N8O5. The summed E-state index contributed by atoms with van der Waals surface area (Å²) in [5.74, 6) is 0.610. The first-order chi connectivity index (χ1) is 23.7. The third-order valence-corrected chi connectivity index (χ3v) is 10.1. The SMILES string of the molecule is CCN(C(=O)[C@@H]1CCN(CC(=O)N2CC=C(c3ccc(-c4nn(C)c(=O)o4)cc3)CC2)C1)c1ccc2[nH]nc(C3C[C@@H](C)O[C@@H](C)C3)c2n1. The summed E-state index contributed by atoms with van der Waals surface area (Å²) < 4.78 is 12.3. The number of nitrogens with one attached hydrogen (secondary N) is 1. The molecule has 1 N–H and O–H groups in total. The number of hydrogen-bond donors (Lipinski definition) is 1. The third-order valence-electron chi connectivity index (χ3n) is 10.1. The van der Waals surface area contributed by atoms with Gasteiger partial charge in [0.1, 0.15) is 11.3 Å². The number of amides is 2. The van der Waals surface area contributed by atoms with E-state index < -0.39 is 5.76 Å². The van der Waals surface area contributed by atoms with E-state index in [4.69, 9.17) is 14.1 Å². The summed E-state index contributed by atoms with van der Waals surface area (Å²) in [7, 11) is 1.55. The Kier molecular flexibility index (Phi) is 9.21. The molecule has 49 heavy (non-hydrogen) atoms. The van der Waals surface area contributed by atoms with Gasteiger partial charge in [0.25, 0.3) is 0 Å². The number of anilines is 1. The number of hydrogen-bond acceptors (Lipinski definition) is 9. The molecule has 4 aromatic rings. The first kappa shape index (κ1) is 32.9. The van der Waals surface area contributed by atoms with Crippen LogP contribution in [0.5, 0.6) is 0 Å². The monoisotopic (exact) mass is 668 g/mol. The van der Waals surface area contributed by atoms with Gasteiger partial charge in [0.2, 0.25) is 17.7 Å². The fourth-order valence-corrected chi connectivity index (χ4v) is 7.54. The summed E-state index contributed by atoms with van der Waals surface area (Å²) in [6.45, 7) is 9.42. The summed E-state index contributed by atoms with van der Waals surface area (Å²) in [6, 6.07) is 11.6. The van der Waals surface area contributed by atoms with E-state index in [1.165, 1.54) is 10.3 Å². The Labute approximate surface area is 284 Å². The molecule has 0 bridgehead atoms. The van der Waals surface area contributed by atoms with Gasteiger partial charge in [-0.2, -0.15) is 9.78 Å². The fraction of sp³-hybridized carbons (Fsp3) is 0.500. The van der Waals surface area contributed by atoms with Crippen molar-refractivity contribution >= 4 is 34.2 Å². The number of carbonyl (C=O) groups excluding carboxylic acids is 2. The number of benzene rings is 1.